The van der Waals surface area contributed by atoms with Crippen LogP contribution in [0.2, 0.25) is 0 Å². The van der Waals surface area contributed by atoms with Gasteiger partial charge in [-0.3, -0.25) is 14.4 Å². The smallest absolute Gasteiger partial charge is 0.247 e. The van der Waals surface area contributed by atoms with Crippen LogP contribution in [0.4, 0.5) is 0 Å². The number of nitrogens with one attached hydrogen (secondary N) is 1. The summed E-state index contributed by atoms with van der Waals surface area (Å²) in [5.41, 5.74) is 6.27. The summed E-state index contributed by atoms with van der Waals surface area (Å²) in [6.07, 6.45) is 4.09. The third kappa shape index (κ3) is 5.83. The van der Waals surface area contributed by atoms with E-state index in [1.165, 1.54) is 0 Å². The van der Waals surface area contributed by atoms with Gasteiger partial charge in [-0.05, 0) is 25.0 Å². The van der Waals surface area contributed by atoms with Crippen molar-refractivity contribution in [2.24, 2.45) is 5.73 Å². The summed E-state index contributed by atoms with van der Waals surface area (Å²) in [7, 11) is 0. The molecule has 2 atom stereocenters. The number of nitrogens with zero attached hydrogens (tertiary/aromatic N) is 2. The fourth-order valence-corrected chi connectivity index (χ4v) is 4.68. The number of hydrogen-bond acceptors (Lipinski definition) is 5. The Labute approximate surface area is 212 Å². The van der Waals surface area contributed by atoms with Crippen molar-refractivity contribution in [3.63, 3.8) is 0 Å². The van der Waals surface area contributed by atoms with Crippen LogP contribution in [0, 0.1) is 0 Å². The summed E-state index contributed by atoms with van der Waals surface area (Å²) in [6, 6.07) is 18.7. The van der Waals surface area contributed by atoms with Crippen LogP contribution in [-0.2, 0) is 32.1 Å². The highest BCUT2D eigenvalue weighted by atomic mass is 16.5. The van der Waals surface area contributed by atoms with Crippen molar-refractivity contribution in [3.8, 4) is 0 Å². The third-order valence-corrected chi connectivity index (χ3v) is 6.65. The molecule has 0 aliphatic carbocycles. The van der Waals surface area contributed by atoms with Crippen molar-refractivity contribution in [1.29, 1.82) is 0 Å². The van der Waals surface area contributed by atoms with E-state index in [2.05, 4.69) is 5.32 Å². The molecule has 0 aromatic heterocycles. The molecule has 0 bridgehead atoms. The third-order valence-electron chi connectivity index (χ3n) is 6.65. The molecule has 1 fully saturated rings. The number of piperazine rings is 1. The van der Waals surface area contributed by atoms with Gasteiger partial charge in [0.15, 0.2) is 0 Å². The van der Waals surface area contributed by atoms with Gasteiger partial charge in [0.1, 0.15) is 6.04 Å². The lowest BCUT2D eigenvalue weighted by Crippen LogP contribution is -2.65. The summed E-state index contributed by atoms with van der Waals surface area (Å²) in [5.74, 6) is -0.725. The van der Waals surface area contributed by atoms with Crippen LogP contribution in [0.15, 0.2) is 72.8 Å². The van der Waals surface area contributed by atoms with E-state index in [0.717, 1.165) is 11.1 Å². The van der Waals surface area contributed by atoms with Crippen molar-refractivity contribution in [2.75, 3.05) is 26.2 Å². The molecule has 3 N–H and O–H groups in total. The molecule has 3 amide bonds. The van der Waals surface area contributed by atoms with Crippen LogP contribution in [0.3, 0.4) is 0 Å². The van der Waals surface area contributed by atoms with Gasteiger partial charge in [0.2, 0.25) is 17.7 Å². The minimum Gasteiger partial charge on any atom is -0.374 e. The van der Waals surface area contributed by atoms with Gasteiger partial charge in [-0.25, -0.2) is 0 Å². The number of hydrogen-bond donors (Lipinski definition) is 2. The number of benzene rings is 2. The molecule has 8 nitrogen and oxygen atoms in total. The van der Waals surface area contributed by atoms with Gasteiger partial charge in [0, 0.05) is 32.1 Å². The Bertz CT molecular complexity index is 1110. The molecule has 4 rings (SSSR count). The molecule has 8 heteroatoms. The molecule has 1 saturated heterocycles. The Kier molecular flexibility index (Phi) is 7.56. The Hall–Kier alpha value is -3.49. The van der Waals surface area contributed by atoms with Crippen molar-refractivity contribution in [1.82, 2.24) is 15.1 Å². The maximum atomic E-state index is 13.7. The number of fused-ring (bicyclic) bond motifs is 1. The Morgan fingerprint density at radius 1 is 1.06 bits per heavy atom. The van der Waals surface area contributed by atoms with Gasteiger partial charge in [0.25, 0.3) is 0 Å². The second-order valence-corrected chi connectivity index (χ2v) is 10.1. The number of amides is 3. The molecule has 0 radical (unpaired) electrons. The molecule has 190 valence electrons. The molecular weight excluding hydrogens is 456 g/mol. The molecule has 2 aromatic rings. The zero-order valence-electron chi connectivity index (χ0n) is 20.9. The molecular formula is C28H34N4O4. The molecule has 2 aliphatic rings. The maximum absolute atomic E-state index is 13.7. The van der Waals surface area contributed by atoms with Gasteiger partial charge in [-0.1, -0.05) is 66.7 Å². The minimum atomic E-state index is -1.15. The number of nitrogens with two attached hydrogens (primary N) is 1. The Morgan fingerprint density at radius 3 is 2.33 bits per heavy atom. The highest BCUT2D eigenvalue weighted by Crippen LogP contribution is 2.32. The van der Waals surface area contributed by atoms with Gasteiger partial charge >= 0.3 is 0 Å². The van der Waals surface area contributed by atoms with Crippen molar-refractivity contribution >= 4 is 17.7 Å². The molecule has 2 aromatic carbocycles. The van der Waals surface area contributed by atoms with E-state index in [1.54, 1.807) is 24.8 Å². The van der Waals surface area contributed by atoms with E-state index >= 15 is 0 Å². The number of carbonyl (C=O) groups is 3. The first-order valence-corrected chi connectivity index (χ1v) is 12.2. The average molecular weight is 491 g/mol. The standard InChI is InChI=1S/C28H34N4O4/c1-27(2,29)26(35)30-23(19-36-18-22-11-7-4-8-12-22)25(34)31-15-16-32-24(33)13-14-28(32,20-31)17-21-9-5-3-6-10-21/h3-14,23H,15-20,29H2,1-2H3,(H,30,35)/t23-,28-/m1/s1. The number of carbonyl (C=O) groups excluding carboxylic acids is 3. The first kappa shape index (κ1) is 25.6. The first-order chi connectivity index (χ1) is 17.2. The summed E-state index contributed by atoms with van der Waals surface area (Å²) in [4.78, 5) is 42.6. The van der Waals surface area contributed by atoms with Crippen LogP contribution in [-0.4, -0.2) is 70.9 Å². The van der Waals surface area contributed by atoms with Gasteiger partial charge < -0.3 is 25.6 Å². The normalized spacial score (nSPS) is 20.2. The van der Waals surface area contributed by atoms with E-state index in [-0.39, 0.29) is 18.4 Å². The summed E-state index contributed by atoms with van der Waals surface area (Å²) in [5, 5.41) is 2.79. The largest absolute Gasteiger partial charge is 0.374 e. The van der Waals surface area contributed by atoms with Gasteiger partial charge in [0.05, 0.1) is 24.3 Å². The molecule has 0 saturated carbocycles. The molecule has 2 heterocycles. The lowest BCUT2D eigenvalue weighted by Gasteiger charge is -2.47. The van der Waals surface area contributed by atoms with Crippen LogP contribution < -0.4 is 11.1 Å². The Balaban J connectivity index is 1.51. The second kappa shape index (κ2) is 10.6. The minimum absolute atomic E-state index is 0.0101. The highest BCUT2D eigenvalue weighted by Gasteiger charge is 2.47. The van der Waals surface area contributed by atoms with Crippen LogP contribution >= 0.6 is 0 Å². The second-order valence-electron chi connectivity index (χ2n) is 10.1. The molecule has 2 aliphatic heterocycles. The SMILES string of the molecule is CC(C)(N)C(=O)N[C@H](COCc1ccccc1)C(=O)N1CCN2C(=O)C=C[C@@]2(Cc2ccccc2)C1. The molecule has 36 heavy (non-hydrogen) atoms. The molecule has 0 unspecified atom stereocenters. The van der Waals surface area contributed by atoms with Gasteiger partial charge in [-0.2, -0.15) is 0 Å². The quantitative estimate of drug-likeness (QED) is 0.556. The fraction of sp³-hybridized carbons (Fsp3) is 0.393. The monoisotopic (exact) mass is 490 g/mol. The van der Waals surface area contributed by atoms with E-state index in [0.29, 0.717) is 32.7 Å². The van der Waals surface area contributed by atoms with Crippen LogP contribution in [0.1, 0.15) is 25.0 Å². The summed E-state index contributed by atoms with van der Waals surface area (Å²) >= 11 is 0. The van der Waals surface area contributed by atoms with Gasteiger partial charge in [-0.15, -0.1) is 0 Å². The van der Waals surface area contributed by atoms with E-state index in [1.807, 2.05) is 71.6 Å². The predicted octanol–water partition coefficient (Wildman–Crippen LogP) is 1.65. The van der Waals surface area contributed by atoms with E-state index < -0.39 is 23.0 Å². The zero-order chi connectivity index (χ0) is 25.8. The van der Waals surface area contributed by atoms with Crippen LogP contribution in [0.5, 0.6) is 0 Å². The number of rotatable bonds is 9. The zero-order valence-corrected chi connectivity index (χ0v) is 20.9. The van der Waals surface area contributed by atoms with Crippen molar-refractivity contribution in [3.05, 3.63) is 83.9 Å². The van der Waals surface area contributed by atoms with Crippen molar-refractivity contribution in [2.45, 2.75) is 44.0 Å². The Morgan fingerprint density at radius 2 is 1.69 bits per heavy atom. The van der Waals surface area contributed by atoms with Crippen LogP contribution in [0.25, 0.3) is 0 Å². The van der Waals surface area contributed by atoms with Crippen molar-refractivity contribution < 1.29 is 19.1 Å². The molecule has 0 spiro atoms. The highest BCUT2D eigenvalue weighted by molar-refractivity contribution is 5.93. The predicted molar refractivity (Wildman–Crippen MR) is 137 cm³/mol. The lowest BCUT2D eigenvalue weighted by molar-refractivity contribution is -0.146. The first-order valence-electron chi connectivity index (χ1n) is 12.2. The number of ether oxygens (including phenoxy) is 1. The lowest BCUT2D eigenvalue weighted by atomic mass is 9.88. The average Bonchev–Trinajstić information content (AvgIpc) is 3.18. The topological polar surface area (TPSA) is 105 Å². The van der Waals surface area contributed by atoms with E-state index in [4.69, 9.17) is 10.5 Å². The summed E-state index contributed by atoms with van der Waals surface area (Å²) < 4.78 is 5.85. The maximum Gasteiger partial charge on any atom is 0.247 e. The fourth-order valence-electron chi connectivity index (χ4n) is 4.68. The van der Waals surface area contributed by atoms with E-state index in [9.17, 15) is 14.4 Å². The summed E-state index contributed by atoms with van der Waals surface area (Å²) in [6.45, 7) is 4.64.